The van der Waals surface area contributed by atoms with Gasteiger partial charge in [0.1, 0.15) is 5.54 Å². The summed E-state index contributed by atoms with van der Waals surface area (Å²) in [5.41, 5.74) is 24.6. The van der Waals surface area contributed by atoms with E-state index >= 15 is 0 Å². The van der Waals surface area contributed by atoms with Gasteiger partial charge in [0.15, 0.2) is 11.6 Å². The number of Topliss-reactive ketones (excluding diaryl/α,β-unsaturated/α-hetero) is 2. The Kier molecular flexibility index (Phi) is 4.46. The zero-order valence-corrected chi connectivity index (χ0v) is 14.1. The molecule has 2 atom stereocenters. The topological polar surface area (TPSA) is 138 Å². The number of nitrogens with two attached hydrogens (primary N) is 4. The summed E-state index contributed by atoms with van der Waals surface area (Å²) < 4.78 is 0. The minimum Gasteiger partial charge on any atom is -0.399 e. The number of carbonyl (C=O) groups is 2. The van der Waals surface area contributed by atoms with Gasteiger partial charge in [0.25, 0.3) is 0 Å². The van der Waals surface area contributed by atoms with E-state index in [-0.39, 0.29) is 17.1 Å². The number of nitrogen functional groups attached to an aromatic ring is 2. The molecular formula is C20H20N4O2. The molecule has 0 saturated heterocycles. The number of hydrogen-bond donors (Lipinski definition) is 4. The molecule has 8 N–H and O–H groups in total. The van der Waals surface area contributed by atoms with Crippen molar-refractivity contribution in [2.75, 3.05) is 11.5 Å². The Bertz CT molecular complexity index is 914. The van der Waals surface area contributed by atoms with Crippen molar-refractivity contribution >= 4 is 22.9 Å². The molecule has 3 rings (SSSR count). The van der Waals surface area contributed by atoms with Crippen molar-refractivity contribution in [1.82, 2.24) is 0 Å². The first-order valence-electron chi connectivity index (χ1n) is 8.07. The van der Waals surface area contributed by atoms with Crippen LogP contribution < -0.4 is 22.9 Å². The third kappa shape index (κ3) is 3.03. The molecule has 132 valence electrons. The summed E-state index contributed by atoms with van der Waals surface area (Å²) in [4.78, 5) is 25.7. The van der Waals surface area contributed by atoms with Crippen LogP contribution in [0.1, 0.15) is 20.7 Å². The van der Waals surface area contributed by atoms with Crippen LogP contribution in [0.15, 0.2) is 72.3 Å². The van der Waals surface area contributed by atoms with Crippen molar-refractivity contribution in [2.45, 2.75) is 11.6 Å². The Morgan fingerprint density at radius 1 is 0.846 bits per heavy atom. The lowest BCUT2D eigenvalue weighted by molar-refractivity contribution is 0.0903. The van der Waals surface area contributed by atoms with Crippen LogP contribution in [0.3, 0.4) is 0 Å². The van der Waals surface area contributed by atoms with Gasteiger partial charge in [-0.3, -0.25) is 9.59 Å². The summed E-state index contributed by atoms with van der Waals surface area (Å²) in [5.74, 6) is -0.668. The van der Waals surface area contributed by atoms with Gasteiger partial charge < -0.3 is 22.9 Å². The number of ketones is 2. The Hall–Kier alpha value is -3.22. The second kappa shape index (κ2) is 6.59. The van der Waals surface area contributed by atoms with E-state index in [1.165, 1.54) is 6.08 Å². The molecule has 0 amide bonds. The molecule has 2 aromatic rings. The van der Waals surface area contributed by atoms with Gasteiger partial charge in [-0.25, -0.2) is 0 Å². The highest BCUT2D eigenvalue weighted by molar-refractivity contribution is 6.13. The highest BCUT2D eigenvalue weighted by atomic mass is 16.1. The molecule has 26 heavy (non-hydrogen) atoms. The molecule has 0 heterocycles. The van der Waals surface area contributed by atoms with Crippen molar-refractivity contribution in [3.05, 3.63) is 83.5 Å². The van der Waals surface area contributed by atoms with Crippen LogP contribution in [0.2, 0.25) is 0 Å². The smallest absolute Gasteiger partial charge is 0.190 e. The van der Waals surface area contributed by atoms with Crippen LogP contribution in [-0.2, 0) is 0 Å². The minimum atomic E-state index is -1.52. The molecule has 0 aliphatic heterocycles. The van der Waals surface area contributed by atoms with Crippen LogP contribution in [0.5, 0.6) is 0 Å². The van der Waals surface area contributed by atoms with Crippen LogP contribution in [-0.4, -0.2) is 23.1 Å². The molecule has 1 aliphatic rings. The molecule has 6 nitrogen and oxygen atoms in total. The average molecular weight is 348 g/mol. The van der Waals surface area contributed by atoms with Crippen LogP contribution in [0, 0.1) is 0 Å². The third-order valence-corrected chi connectivity index (χ3v) is 4.50. The maximum Gasteiger partial charge on any atom is 0.190 e. The highest BCUT2D eigenvalue weighted by Crippen LogP contribution is 2.27. The van der Waals surface area contributed by atoms with Crippen molar-refractivity contribution in [1.29, 1.82) is 0 Å². The predicted octanol–water partition coefficient (Wildman–Crippen LogP) is 1.44. The first-order chi connectivity index (χ1) is 12.3. The molecule has 2 unspecified atom stereocenters. The summed E-state index contributed by atoms with van der Waals surface area (Å²) in [6, 6.07) is 11.9. The normalized spacial score (nSPS) is 21.9. The summed E-state index contributed by atoms with van der Waals surface area (Å²) in [6.45, 7) is 0. The number of benzene rings is 2. The summed E-state index contributed by atoms with van der Waals surface area (Å²) >= 11 is 0. The quantitative estimate of drug-likeness (QED) is 0.487. The fourth-order valence-electron chi connectivity index (χ4n) is 2.90. The van der Waals surface area contributed by atoms with Gasteiger partial charge in [-0.15, -0.1) is 0 Å². The van der Waals surface area contributed by atoms with Crippen molar-refractivity contribution in [3.63, 3.8) is 0 Å². The lowest BCUT2D eigenvalue weighted by atomic mass is 9.75. The minimum absolute atomic E-state index is 0.267. The first kappa shape index (κ1) is 17.6. The third-order valence-electron chi connectivity index (χ3n) is 4.50. The molecule has 0 saturated carbocycles. The average Bonchev–Trinajstić information content (AvgIpc) is 2.64. The maximum atomic E-state index is 12.9. The zero-order valence-electron chi connectivity index (χ0n) is 14.1. The van der Waals surface area contributed by atoms with Gasteiger partial charge in [-0.1, -0.05) is 18.2 Å². The SMILES string of the molecule is Nc1ccc(C(=O)C2=CC=CC(N)(C(=O)c3ccc(N)cc3)C2N)cc1. The number of rotatable bonds is 4. The monoisotopic (exact) mass is 348 g/mol. The molecule has 0 aromatic heterocycles. The maximum absolute atomic E-state index is 12.9. The number of allylic oxidation sites excluding steroid dienone is 2. The van der Waals surface area contributed by atoms with Crippen LogP contribution in [0.25, 0.3) is 0 Å². The van der Waals surface area contributed by atoms with E-state index in [1.54, 1.807) is 60.7 Å². The standard InChI is InChI=1S/C20H20N4O2/c21-14-7-3-12(4-8-14)17(25)16-2-1-11-20(24,18(16)23)19(26)13-5-9-15(22)10-6-13/h1-11,18H,21-24H2. The Morgan fingerprint density at radius 2 is 1.35 bits per heavy atom. The molecule has 0 radical (unpaired) electrons. The molecule has 6 heteroatoms. The van der Waals surface area contributed by atoms with Gasteiger partial charge in [0.2, 0.25) is 0 Å². The first-order valence-corrected chi connectivity index (χ1v) is 8.07. The van der Waals surface area contributed by atoms with Crippen LogP contribution in [0.4, 0.5) is 11.4 Å². The summed E-state index contributed by atoms with van der Waals surface area (Å²) in [7, 11) is 0. The Labute approximate surface area is 151 Å². The molecule has 1 aliphatic carbocycles. The van der Waals surface area contributed by atoms with E-state index in [4.69, 9.17) is 22.9 Å². The van der Waals surface area contributed by atoms with Gasteiger partial charge >= 0.3 is 0 Å². The Balaban J connectivity index is 1.92. The largest absolute Gasteiger partial charge is 0.399 e. The molecule has 0 fully saturated rings. The van der Waals surface area contributed by atoms with Crippen molar-refractivity contribution in [3.8, 4) is 0 Å². The fraction of sp³-hybridized carbons (Fsp3) is 0.100. The number of carbonyl (C=O) groups excluding carboxylic acids is 2. The van der Waals surface area contributed by atoms with Crippen LogP contribution >= 0.6 is 0 Å². The van der Waals surface area contributed by atoms with Crippen molar-refractivity contribution < 1.29 is 9.59 Å². The fourth-order valence-corrected chi connectivity index (χ4v) is 2.90. The van der Waals surface area contributed by atoms with E-state index in [2.05, 4.69) is 0 Å². The van der Waals surface area contributed by atoms with E-state index in [1.807, 2.05) is 0 Å². The molecule has 0 spiro atoms. The van der Waals surface area contributed by atoms with E-state index < -0.39 is 11.6 Å². The van der Waals surface area contributed by atoms with E-state index in [9.17, 15) is 9.59 Å². The summed E-state index contributed by atoms with van der Waals surface area (Å²) in [6.07, 6.45) is 4.70. The number of hydrogen-bond acceptors (Lipinski definition) is 6. The lowest BCUT2D eigenvalue weighted by Gasteiger charge is -2.34. The molecular weight excluding hydrogens is 328 g/mol. The Morgan fingerprint density at radius 3 is 1.88 bits per heavy atom. The van der Waals surface area contributed by atoms with Gasteiger partial charge in [0.05, 0.1) is 6.04 Å². The predicted molar refractivity (Wildman–Crippen MR) is 102 cm³/mol. The zero-order chi connectivity index (χ0) is 18.9. The van der Waals surface area contributed by atoms with Crippen molar-refractivity contribution in [2.24, 2.45) is 11.5 Å². The second-order valence-corrected chi connectivity index (χ2v) is 6.29. The number of anilines is 2. The second-order valence-electron chi connectivity index (χ2n) is 6.29. The van der Waals surface area contributed by atoms with E-state index in [0.29, 0.717) is 22.5 Å². The lowest BCUT2D eigenvalue weighted by Crippen LogP contribution is -2.61. The van der Waals surface area contributed by atoms with Gasteiger partial charge in [-0.05, 0) is 48.5 Å². The van der Waals surface area contributed by atoms with Gasteiger partial charge in [0, 0.05) is 28.1 Å². The van der Waals surface area contributed by atoms with Gasteiger partial charge in [-0.2, -0.15) is 0 Å². The highest BCUT2D eigenvalue weighted by Gasteiger charge is 2.43. The van der Waals surface area contributed by atoms with E-state index in [0.717, 1.165) is 0 Å². The molecule has 2 aromatic carbocycles. The summed E-state index contributed by atoms with van der Waals surface area (Å²) in [5, 5.41) is 0. The molecule has 0 bridgehead atoms.